The minimum atomic E-state index is -0.325. The summed E-state index contributed by atoms with van der Waals surface area (Å²) in [5, 5.41) is 2.47. The molecule has 0 radical (unpaired) electrons. The van der Waals surface area contributed by atoms with Crippen LogP contribution >= 0.6 is 15.9 Å². The molecule has 1 aliphatic rings. The highest BCUT2D eigenvalue weighted by molar-refractivity contribution is 9.11. The Bertz CT molecular complexity index is 146. The lowest BCUT2D eigenvalue weighted by molar-refractivity contribution is 0.426. The first-order valence-electron chi connectivity index (χ1n) is 2.76. The molecule has 1 heterocycles. The van der Waals surface area contributed by atoms with Crippen molar-refractivity contribution >= 4 is 15.9 Å². The van der Waals surface area contributed by atoms with E-state index in [1.54, 1.807) is 0 Å². The van der Waals surface area contributed by atoms with E-state index in [2.05, 4.69) is 21.2 Å². The average Bonchev–Trinajstić information content (AvgIpc) is 1.80. The highest BCUT2D eigenvalue weighted by atomic mass is 79.9. The number of nitrogens with one attached hydrogen (secondary N) is 1. The summed E-state index contributed by atoms with van der Waals surface area (Å²) in [5.74, 6) is -0.325. The Labute approximate surface area is 61.4 Å². The van der Waals surface area contributed by atoms with Gasteiger partial charge in [0.1, 0.15) is 0 Å². The maximum absolute atomic E-state index is 12.5. The second-order valence-corrected chi connectivity index (χ2v) is 2.97. The molecule has 1 rings (SSSR count). The Hall–Kier alpha value is -0.0900. The van der Waals surface area contributed by atoms with Crippen LogP contribution in [0.3, 0.4) is 0 Å². The van der Waals surface area contributed by atoms with Gasteiger partial charge >= 0.3 is 0 Å². The van der Waals surface area contributed by atoms with Gasteiger partial charge in [-0.15, -0.1) is 0 Å². The van der Waals surface area contributed by atoms with Crippen molar-refractivity contribution in [3.8, 4) is 0 Å². The second kappa shape index (κ2) is 2.66. The van der Waals surface area contributed by atoms with Gasteiger partial charge in [-0.3, -0.25) is 0 Å². The molecule has 1 atom stereocenters. The van der Waals surface area contributed by atoms with Gasteiger partial charge in [0.05, 0.1) is 6.17 Å². The summed E-state index contributed by atoms with van der Waals surface area (Å²) < 4.78 is 13.1. The molecule has 52 valence electrons. The molecule has 0 fully saturated rings. The predicted molar refractivity (Wildman–Crippen MR) is 37.4 cm³/mol. The first-order chi connectivity index (χ1) is 4.20. The summed E-state index contributed by atoms with van der Waals surface area (Å²) in [5.41, 5.74) is 5.38. The van der Waals surface area contributed by atoms with E-state index < -0.39 is 0 Å². The van der Waals surface area contributed by atoms with Crippen LogP contribution in [0.15, 0.2) is 10.4 Å². The van der Waals surface area contributed by atoms with Crippen molar-refractivity contribution in [2.45, 2.75) is 19.0 Å². The number of hydrogen-bond acceptors (Lipinski definition) is 2. The molecule has 0 saturated carbocycles. The molecular weight excluding hydrogens is 187 g/mol. The van der Waals surface area contributed by atoms with Crippen molar-refractivity contribution in [3.05, 3.63) is 10.4 Å². The Morgan fingerprint density at radius 2 is 2.44 bits per heavy atom. The molecule has 3 N–H and O–H groups in total. The number of halogens is 2. The van der Waals surface area contributed by atoms with Gasteiger partial charge in [0.2, 0.25) is 0 Å². The van der Waals surface area contributed by atoms with E-state index in [0.29, 0.717) is 10.9 Å². The molecule has 1 aliphatic heterocycles. The van der Waals surface area contributed by atoms with Crippen LogP contribution in [-0.4, -0.2) is 6.17 Å². The largest absolute Gasteiger partial charge is 0.346 e. The summed E-state index contributed by atoms with van der Waals surface area (Å²) in [6.45, 7) is 0. The minimum absolute atomic E-state index is 0.216. The van der Waals surface area contributed by atoms with E-state index in [0.717, 1.165) is 6.42 Å². The zero-order valence-electron chi connectivity index (χ0n) is 4.82. The minimum Gasteiger partial charge on any atom is -0.346 e. The Morgan fingerprint density at radius 3 is 2.89 bits per heavy atom. The van der Waals surface area contributed by atoms with Crippen molar-refractivity contribution in [3.63, 3.8) is 0 Å². The fraction of sp³-hybridized carbons (Fsp3) is 0.600. The highest BCUT2D eigenvalue weighted by Gasteiger charge is 2.14. The van der Waals surface area contributed by atoms with E-state index in [4.69, 9.17) is 5.73 Å². The SMILES string of the molecule is N[C@H]1CCC(Br)=C(F)N1. The topological polar surface area (TPSA) is 38.0 Å². The van der Waals surface area contributed by atoms with Crippen LogP contribution in [-0.2, 0) is 0 Å². The van der Waals surface area contributed by atoms with Gasteiger partial charge in [0.25, 0.3) is 0 Å². The normalized spacial score (nSPS) is 28.1. The zero-order chi connectivity index (χ0) is 6.85. The molecule has 0 aromatic carbocycles. The van der Waals surface area contributed by atoms with Gasteiger partial charge in [0.15, 0.2) is 5.95 Å². The fourth-order valence-corrected chi connectivity index (χ4v) is 1.05. The maximum atomic E-state index is 12.5. The summed E-state index contributed by atoms with van der Waals surface area (Å²) >= 11 is 3.07. The first-order valence-corrected chi connectivity index (χ1v) is 3.55. The van der Waals surface area contributed by atoms with E-state index in [-0.39, 0.29) is 12.1 Å². The molecule has 0 spiro atoms. The Morgan fingerprint density at radius 1 is 1.78 bits per heavy atom. The van der Waals surface area contributed by atoms with Crippen LogP contribution in [0.2, 0.25) is 0 Å². The van der Waals surface area contributed by atoms with Crippen LogP contribution in [0.4, 0.5) is 4.39 Å². The lowest BCUT2D eigenvalue weighted by Crippen LogP contribution is -2.38. The van der Waals surface area contributed by atoms with Crippen molar-refractivity contribution in [2.24, 2.45) is 5.73 Å². The Balaban J connectivity index is 2.61. The standard InChI is InChI=1S/C5H8BrFN2/c6-3-1-2-4(8)9-5(3)7/h4,9H,1-2,8H2/t4-/m1/s1. The molecule has 0 unspecified atom stereocenters. The summed E-state index contributed by atoms with van der Waals surface area (Å²) in [4.78, 5) is 0. The fourth-order valence-electron chi connectivity index (χ4n) is 0.705. The maximum Gasteiger partial charge on any atom is 0.198 e. The van der Waals surface area contributed by atoms with Crippen LogP contribution in [0, 0.1) is 0 Å². The second-order valence-electron chi connectivity index (χ2n) is 2.01. The molecule has 0 bridgehead atoms. The third-order valence-electron chi connectivity index (χ3n) is 1.23. The van der Waals surface area contributed by atoms with Crippen molar-refractivity contribution in [2.75, 3.05) is 0 Å². The smallest absolute Gasteiger partial charge is 0.198 e. The first kappa shape index (κ1) is 7.02. The molecule has 4 heteroatoms. The lowest BCUT2D eigenvalue weighted by atomic mass is 10.2. The van der Waals surface area contributed by atoms with Gasteiger partial charge in [-0.05, 0) is 12.8 Å². The van der Waals surface area contributed by atoms with Crippen LogP contribution < -0.4 is 11.1 Å². The van der Waals surface area contributed by atoms with Gasteiger partial charge in [-0.25, -0.2) is 0 Å². The number of nitrogens with two attached hydrogens (primary N) is 1. The van der Waals surface area contributed by atoms with E-state index in [9.17, 15) is 4.39 Å². The average molecular weight is 195 g/mol. The monoisotopic (exact) mass is 194 g/mol. The number of allylic oxidation sites excluding steroid dienone is 1. The molecule has 0 amide bonds. The molecule has 0 aliphatic carbocycles. The summed E-state index contributed by atoms with van der Waals surface area (Å²) in [6.07, 6.45) is 1.26. The summed E-state index contributed by atoms with van der Waals surface area (Å²) in [7, 11) is 0. The van der Waals surface area contributed by atoms with Crippen LogP contribution in [0.25, 0.3) is 0 Å². The highest BCUT2D eigenvalue weighted by Crippen LogP contribution is 2.22. The van der Waals surface area contributed by atoms with E-state index in [1.165, 1.54) is 0 Å². The number of rotatable bonds is 0. The third kappa shape index (κ3) is 1.66. The van der Waals surface area contributed by atoms with Crippen molar-refractivity contribution < 1.29 is 4.39 Å². The van der Waals surface area contributed by atoms with Crippen LogP contribution in [0.1, 0.15) is 12.8 Å². The summed E-state index contributed by atoms with van der Waals surface area (Å²) in [6, 6.07) is 0. The van der Waals surface area contributed by atoms with Gasteiger partial charge in [-0.1, -0.05) is 15.9 Å². The molecule has 9 heavy (non-hydrogen) atoms. The third-order valence-corrected chi connectivity index (χ3v) is 1.97. The van der Waals surface area contributed by atoms with Crippen molar-refractivity contribution in [1.29, 1.82) is 0 Å². The number of hydrogen-bond donors (Lipinski definition) is 2. The molecule has 0 aromatic heterocycles. The van der Waals surface area contributed by atoms with E-state index in [1.807, 2.05) is 0 Å². The molecular formula is C5H8BrFN2. The van der Waals surface area contributed by atoms with Gasteiger partial charge in [-0.2, -0.15) is 4.39 Å². The van der Waals surface area contributed by atoms with Gasteiger partial charge < -0.3 is 11.1 Å². The molecule has 0 saturated heterocycles. The van der Waals surface area contributed by atoms with Crippen LogP contribution in [0.5, 0.6) is 0 Å². The van der Waals surface area contributed by atoms with E-state index >= 15 is 0 Å². The lowest BCUT2D eigenvalue weighted by Gasteiger charge is -2.19. The zero-order valence-corrected chi connectivity index (χ0v) is 6.41. The van der Waals surface area contributed by atoms with Crippen molar-refractivity contribution in [1.82, 2.24) is 5.32 Å². The molecule has 2 nitrogen and oxygen atoms in total. The molecule has 0 aromatic rings. The quantitative estimate of drug-likeness (QED) is 0.569. The van der Waals surface area contributed by atoms with Gasteiger partial charge in [0, 0.05) is 4.48 Å². The predicted octanol–water partition coefficient (Wildman–Crippen LogP) is 1.19. The Kier molecular flexibility index (Phi) is 2.08.